The van der Waals surface area contributed by atoms with Gasteiger partial charge in [-0.3, -0.25) is 0 Å². The summed E-state index contributed by atoms with van der Waals surface area (Å²) in [6, 6.07) is 14.9. The topological polar surface area (TPSA) is 57.5 Å². The number of aliphatic carboxylic acids is 1. The van der Waals surface area contributed by atoms with Gasteiger partial charge in [0.1, 0.15) is 0 Å². The molecule has 2 aromatic rings. The van der Waals surface area contributed by atoms with Crippen LogP contribution in [0, 0.1) is 6.92 Å². The van der Waals surface area contributed by atoms with Gasteiger partial charge in [0.2, 0.25) is 0 Å². The smallest absolute Gasteiger partial charge is 0.337 e. The average molecular weight is 242 g/mol. The van der Waals surface area contributed by atoms with E-state index >= 15 is 0 Å². The van der Waals surface area contributed by atoms with Crippen LogP contribution in [0.25, 0.3) is 11.1 Å². The summed E-state index contributed by atoms with van der Waals surface area (Å²) in [5.74, 6) is -1.24. The predicted octanol–water partition coefficient (Wildman–Crippen LogP) is 2.78. The largest absolute Gasteiger partial charge is 0.479 e. The first kappa shape index (κ1) is 12.3. The molecule has 0 radical (unpaired) electrons. The van der Waals surface area contributed by atoms with E-state index in [1.807, 2.05) is 43.3 Å². The van der Waals surface area contributed by atoms with Crippen molar-refractivity contribution in [3.05, 3.63) is 59.7 Å². The third-order valence-electron chi connectivity index (χ3n) is 2.92. The monoisotopic (exact) mass is 242 g/mol. The second-order valence-corrected chi connectivity index (χ2v) is 4.18. The molecule has 2 N–H and O–H groups in total. The standard InChI is InChI=1S/C15H14O3/c1-10-4-2-3-5-13(10)11-6-8-12(9-7-11)14(16)15(17)18/h2-9,14,16H,1H3,(H,17,18). The fourth-order valence-electron chi connectivity index (χ4n) is 1.88. The van der Waals surface area contributed by atoms with Crippen LogP contribution in [0.5, 0.6) is 0 Å². The summed E-state index contributed by atoms with van der Waals surface area (Å²) in [6.45, 7) is 2.02. The third-order valence-corrected chi connectivity index (χ3v) is 2.92. The minimum absolute atomic E-state index is 0.389. The lowest BCUT2D eigenvalue weighted by Crippen LogP contribution is -2.10. The molecular formula is C15H14O3. The SMILES string of the molecule is Cc1ccccc1-c1ccc(C(O)C(=O)O)cc1. The van der Waals surface area contributed by atoms with Crippen LogP contribution in [-0.4, -0.2) is 16.2 Å². The number of benzene rings is 2. The van der Waals surface area contributed by atoms with Crippen molar-refractivity contribution in [1.82, 2.24) is 0 Å². The van der Waals surface area contributed by atoms with Gasteiger partial charge in [-0.2, -0.15) is 0 Å². The zero-order valence-corrected chi connectivity index (χ0v) is 10.00. The highest BCUT2D eigenvalue weighted by Crippen LogP contribution is 2.24. The Labute approximate surface area is 105 Å². The van der Waals surface area contributed by atoms with E-state index in [9.17, 15) is 9.90 Å². The molecule has 0 bridgehead atoms. The first-order valence-electron chi connectivity index (χ1n) is 5.66. The Morgan fingerprint density at radius 2 is 1.67 bits per heavy atom. The van der Waals surface area contributed by atoms with E-state index in [1.54, 1.807) is 12.1 Å². The van der Waals surface area contributed by atoms with Gasteiger partial charge in [-0.25, -0.2) is 4.79 Å². The lowest BCUT2D eigenvalue weighted by atomic mass is 9.98. The van der Waals surface area contributed by atoms with Gasteiger partial charge in [-0.1, -0.05) is 48.5 Å². The van der Waals surface area contributed by atoms with E-state index in [4.69, 9.17) is 5.11 Å². The zero-order valence-electron chi connectivity index (χ0n) is 10.00. The minimum atomic E-state index is -1.46. The van der Waals surface area contributed by atoms with Crippen LogP contribution in [0.4, 0.5) is 0 Å². The van der Waals surface area contributed by atoms with E-state index in [0.717, 1.165) is 16.7 Å². The number of hydrogen-bond acceptors (Lipinski definition) is 2. The molecule has 0 aliphatic carbocycles. The normalized spacial score (nSPS) is 12.1. The molecule has 0 aliphatic heterocycles. The maximum absolute atomic E-state index is 10.7. The van der Waals surface area contributed by atoms with Gasteiger partial charge in [-0.05, 0) is 29.2 Å². The van der Waals surface area contributed by atoms with Gasteiger partial charge >= 0.3 is 5.97 Å². The Morgan fingerprint density at radius 1 is 1.06 bits per heavy atom. The molecule has 0 fully saturated rings. The Morgan fingerprint density at radius 3 is 2.22 bits per heavy atom. The number of aliphatic hydroxyl groups excluding tert-OH is 1. The van der Waals surface area contributed by atoms with Crippen molar-refractivity contribution in [3.63, 3.8) is 0 Å². The van der Waals surface area contributed by atoms with E-state index < -0.39 is 12.1 Å². The van der Waals surface area contributed by atoms with Crippen molar-refractivity contribution < 1.29 is 15.0 Å². The Kier molecular flexibility index (Phi) is 3.44. The van der Waals surface area contributed by atoms with Crippen LogP contribution in [0.3, 0.4) is 0 Å². The number of carboxylic acids is 1. The van der Waals surface area contributed by atoms with Crippen LogP contribution < -0.4 is 0 Å². The fraction of sp³-hybridized carbons (Fsp3) is 0.133. The molecule has 0 saturated carbocycles. The van der Waals surface area contributed by atoms with Gasteiger partial charge in [0, 0.05) is 0 Å². The first-order chi connectivity index (χ1) is 8.59. The van der Waals surface area contributed by atoms with Crippen molar-refractivity contribution in [2.45, 2.75) is 13.0 Å². The zero-order chi connectivity index (χ0) is 13.1. The number of carboxylic acid groups (broad SMARTS) is 1. The molecule has 2 rings (SSSR count). The lowest BCUT2D eigenvalue weighted by Gasteiger charge is -2.09. The molecule has 18 heavy (non-hydrogen) atoms. The number of hydrogen-bond donors (Lipinski definition) is 2. The van der Waals surface area contributed by atoms with Gasteiger partial charge < -0.3 is 10.2 Å². The molecule has 0 aromatic heterocycles. The molecule has 0 saturated heterocycles. The molecule has 2 aromatic carbocycles. The minimum Gasteiger partial charge on any atom is -0.479 e. The molecule has 1 unspecified atom stereocenters. The van der Waals surface area contributed by atoms with Crippen molar-refractivity contribution in [1.29, 1.82) is 0 Å². The second kappa shape index (κ2) is 5.02. The lowest BCUT2D eigenvalue weighted by molar-refractivity contribution is -0.146. The number of rotatable bonds is 3. The molecule has 1 atom stereocenters. The summed E-state index contributed by atoms with van der Waals surface area (Å²) in [4.78, 5) is 10.7. The molecule has 3 heteroatoms. The highest BCUT2D eigenvalue weighted by atomic mass is 16.4. The summed E-state index contributed by atoms with van der Waals surface area (Å²) in [5, 5.41) is 18.1. The van der Waals surface area contributed by atoms with Crippen LogP contribution >= 0.6 is 0 Å². The van der Waals surface area contributed by atoms with E-state index in [-0.39, 0.29) is 0 Å². The quantitative estimate of drug-likeness (QED) is 0.870. The van der Waals surface area contributed by atoms with Gasteiger partial charge in [-0.15, -0.1) is 0 Å². The molecule has 0 amide bonds. The molecule has 92 valence electrons. The Bertz CT molecular complexity index is 558. The van der Waals surface area contributed by atoms with Crippen molar-refractivity contribution in [2.75, 3.05) is 0 Å². The molecular weight excluding hydrogens is 228 g/mol. The van der Waals surface area contributed by atoms with Crippen molar-refractivity contribution in [2.24, 2.45) is 0 Å². The highest BCUT2D eigenvalue weighted by Gasteiger charge is 2.15. The van der Waals surface area contributed by atoms with Crippen molar-refractivity contribution >= 4 is 5.97 Å². The summed E-state index contributed by atoms with van der Waals surface area (Å²) < 4.78 is 0. The van der Waals surface area contributed by atoms with E-state index in [0.29, 0.717) is 5.56 Å². The van der Waals surface area contributed by atoms with E-state index in [2.05, 4.69) is 0 Å². The molecule has 3 nitrogen and oxygen atoms in total. The number of aryl methyl sites for hydroxylation is 1. The molecule has 0 spiro atoms. The molecule has 0 heterocycles. The Balaban J connectivity index is 2.34. The Hall–Kier alpha value is -2.13. The van der Waals surface area contributed by atoms with Crippen LogP contribution in [0.1, 0.15) is 17.2 Å². The highest BCUT2D eigenvalue weighted by molar-refractivity contribution is 5.75. The number of carbonyl (C=O) groups is 1. The van der Waals surface area contributed by atoms with Crippen LogP contribution in [0.2, 0.25) is 0 Å². The summed E-state index contributed by atoms with van der Waals surface area (Å²) in [6.07, 6.45) is -1.46. The second-order valence-electron chi connectivity index (χ2n) is 4.18. The van der Waals surface area contributed by atoms with Gasteiger partial charge in [0.05, 0.1) is 0 Å². The first-order valence-corrected chi connectivity index (χ1v) is 5.66. The van der Waals surface area contributed by atoms with Gasteiger partial charge in [0.25, 0.3) is 0 Å². The fourth-order valence-corrected chi connectivity index (χ4v) is 1.88. The van der Waals surface area contributed by atoms with E-state index in [1.165, 1.54) is 0 Å². The average Bonchev–Trinajstić information content (AvgIpc) is 2.38. The summed E-state index contributed by atoms with van der Waals surface area (Å²) in [7, 11) is 0. The van der Waals surface area contributed by atoms with Crippen LogP contribution in [0.15, 0.2) is 48.5 Å². The van der Waals surface area contributed by atoms with Gasteiger partial charge in [0.15, 0.2) is 6.10 Å². The van der Waals surface area contributed by atoms with Crippen LogP contribution in [-0.2, 0) is 4.79 Å². The molecule has 0 aliphatic rings. The third kappa shape index (κ3) is 2.41. The number of aliphatic hydroxyl groups is 1. The maximum Gasteiger partial charge on any atom is 0.337 e. The maximum atomic E-state index is 10.7. The summed E-state index contributed by atoms with van der Waals surface area (Å²) in [5.41, 5.74) is 3.66. The van der Waals surface area contributed by atoms with Crippen molar-refractivity contribution in [3.8, 4) is 11.1 Å². The summed E-state index contributed by atoms with van der Waals surface area (Å²) >= 11 is 0. The predicted molar refractivity (Wildman–Crippen MR) is 69.2 cm³/mol.